The smallest absolute Gasteiger partial charge is 0.266 e. The van der Waals surface area contributed by atoms with E-state index in [0.717, 1.165) is 60.6 Å². The summed E-state index contributed by atoms with van der Waals surface area (Å²) in [5.74, 6) is 0.766. The van der Waals surface area contributed by atoms with Crippen LogP contribution in [0.25, 0.3) is 0 Å². The van der Waals surface area contributed by atoms with Crippen molar-refractivity contribution in [3.63, 3.8) is 0 Å². The van der Waals surface area contributed by atoms with Crippen molar-refractivity contribution in [2.24, 2.45) is 0 Å². The largest absolute Gasteiger partial charge is 0.478 e. The Balaban J connectivity index is 1.35. The average Bonchev–Trinajstić information content (AvgIpc) is 3.61. The van der Waals surface area contributed by atoms with Gasteiger partial charge in [0, 0.05) is 43.8 Å². The maximum atomic E-state index is 13.5. The Hall–Kier alpha value is -2.53. The fourth-order valence-electron chi connectivity index (χ4n) is 5.45. The Bertz CT molecular complexity index is 1040. The topological polar surface area (TPSA) is 58.8 Å². The highest BCUT2D eigenvalue weighted by atomic mass is 16.5. The van der Waals surface area contributed by atoms with Crippen LogP contribution in [0.15, 0.2) is 36.4 Å². The molecule has 2 aromatic carbocycles. The molecule has 2 fully saturated rings. The molecule has 0 radical (unpaired) electrons. The SMILES string of the molecule is Cc1cc(OC(C)(C)C(=O)N(C)C2CCN(CC3(c4ccccc4)CC3)CC2)c(C)c(C)c1N. The zero-order valence-corrected chi connectivity index (χ0v) is 21.8. The minimum absolute atomic E-state index is 0.0282. The fraction of sp³-hybridized carbons (Fsp3) is 0.552. The predicted molar refractivity (Wildman–Crippen MR) is 139 cm³/mol. The van der Waals surface area contributed by atoms with Crippen LogP contribution in [0.3, 0.4) is 0 Å². The number of hydrogen-bond donors (Lipinski definition) is 1. The molecule has 1 aliphatic heterocycles. The molecule has 1 heterocycles. The van der Waals surface area contributed by atoms with Crippen LogP contribution < -0.4 is 10.5 Å². The Morgan fingerprint density at radius 2 is 1.74 bits per heavy atom. The third-order valence-corrected chi connectivity index (χ3v) is 8.18. The van der Waals surface area contributed by atoms with E-state index in [9.17, 15) is 4.79 Å². The summed E-state index contributed by atoms with van der Waals surface area (Å²) in [7, 11) is 1.94. The lowest BCUT2D eigenvalue weighted by Crippen LogP contribution is -2.54. The van der Waals surface area contributed by atoms with Crippen molar-refractivity contribution in [3.8, 4) is 5.75 Å². The molecule has 1 saturated carbocycles. The molecule has 0 unspecified atom stereocenters. The zero-order chi connectivity index (χ0) is 24.7. The Morgan fingerprint density at radius 3 is 2.32 bits per heavy atom. The summed E-state index contributed by atoms with van der Waals surface area (Å²) in [5.41, 5.74) is 10.8. The van der Waals surface area contributed by atoms with Crippen LogP contribution in [0.2, 0.25) is 0 Å². The number of rotatable bonds is 7. The minimum Gasteiger partial charge on any atom is -0.478 e. The van der Waals surface area contributed by atoms with Crippen molar-refractivity contribution in [1.29, 1.82) is 0 Å². The van der Waals surface area contributed by atoms with Crippen LogP contribution in [0.5, 0.6) is 5.75 Å². The number of carbonyl (C=O) groups excluding carboxylic acids is 1. The average molecular weight is 464 g/mol. The molecule has 2 N–H and O–H groups in total. The highest BCUT2D eigenvalue weighted by Crippen LogP contribution is 2.49. The molecule has 2 aliphatic rings. The van der Waals surface area contributed by atoms with E-state index in [1.807, 2.05) is 52.6 Å². The molecule has 1 amide bonds. The third kappa shape index (κ3) is 4.81. The number of likely N-dealkylation sites (tertiary alicyclic amines) is 1. The predicted octanol–water partition coefficient (Wildman–Crippen LogP) is 5.01. The number of likely N-dealkylation sites (N-methyl/N-ethyl adjacent to an activating group) is 1. The fourth-order valence-corrected chi connectivity index (χ4v) is 5.45. The second-order valence-corrected chi connectivity index (χ2v) is 11.0. The number of nitrogens with two attached hydrogens (primary N) is 1. The number of nitrogens with zero attached hydrogens (tertiary/aromatic N) is 2. The van der Waals surface area contributed by atoms with Gasteiger partial charge in [-0.25, -0.2) is 0 Å². The van der Waals surface area contributed by atoms with Gasteiger partial charge in [0.05, 0.1) is 0 Å². The zero-order valence-electron chi connectivity index (χ0n) is 21.8. The summed E-state index contributed by atoms with van der Waals surface area (Å²) in [6.45, 7) is 12.9. The molecule has 5 nitrogen and oxygen atoms in total. The highest BCUT2D eigenvalue weighted by Gasteiger charge is 2.46. The number of nitrogen functional groups attached to an aromatic ring is 1. The van der Waals surface area contributed by atoms with Gasteiger partial charge >= 0.3 is 0 Å². The lowest BCUT2D eigenvalue weighted by Gasteiger charge is -2.40. The molecule has 1 saturated heterocycles. The number of benzene rings is 2. The van der Waals surface area contributed by atoms with E-state index < -0.39 is 5.60 Å². The second-order valence-electron chi connectivity index (χ2n) is 11.0. The number of aryl methyl sites for hydroxylation is 1. The second kappa shape index (κ2) is 9.26. The summed E-state index contributed by atoms with van der Waals surface area (Å²) >= 11 is 0. The maximum absolute atomic E-state index is 13.5. The molecule has 5 heteroatoms. The number of hydrogen-bond acceptors (Lipinski definition) is 4. The molecule has 1 aliphatic carbocycles. The van der Waals surface area contributed by atoms with E-state index in [1.54, 1.807) is 0 Å². The van der Waals surface area contributed by atoms with E-state index in [1.165, 1.54) is 18.4 Å². The van der Waals surface area contributed by atoms with Crippen molar-refractivity contribution in [3.05, 3.63) is 58.7 Å². The summed E-state index contributed by atoms with van der Waals surface area (Å²) in [6, 6.07) is 13.2. The van der Waals surface area contributed by atoms with Crippen LogP contribution in [-0.4, -0.2) is 54.0 Å². The lowest BCUT2D eigenvalue weighted by atomic mass is 9.93. The molecular weight excluding hydrogens is 422 g/mol. The van der Waals surface area contributed by atoms with Crippen LogP contribution in [0.1, 0.15) is 61.8 Å². The summed E-state index contributed by atoms with van der Waals surface area (Å²) in [6.07, 6.45) is 4.57. The minimum atomic E-state index is -0.947. The third-order valence-electron chi connectivity index (χ3n) is 8.18. The number of carbonyl (C=O) groups is 1. The Kier molecular flexibility index (Phi) is 6.69. The maximum Gasteiger partial charge on any atom is 0.266 e. The Morgan fingerprint density at radius 1 is 1.12 bits per heavy atom. The van der Waals surface area contributed by atoms with Crippen molar-refractivity contribution >= 4 is 11.6 Å². The first kappa shape index (κ1) is 24.6. The standard InChI is InChI=1S/C29H41N3O2/c1-20-18-25(21(2)22(3)26(20)30)34-28(4,5)27(33)31(6)24-12-16-32(17-13-24)19-29(14-15-29)23-10-8-7-9-11-23/h7-11,18,24H,12-17,19,30H2,1-6H3. The first-order valence-corrected chi connectivity index (χ1v) is 12.6. The summed E-state index contributed by atoms with van der Waals surface area (Å²) in [5, 5.41) is 0. The van der Waals surface area contributed by atoms with E-state index in [2.05, 4.69) is 35.2 Å². The van der Waals surface area contributed by atoms with Gasteiger partial charge in [-0.05, 0) is 88.6 Å². The number of piperidine rings is 1. The molecule has 2 aromatic rings. The first-order chi connectivity index (χ1) is 16.0. The Labute approximate surface area is 205 Å². The van der Waals surface area contributed by atoms with E-state index in [0.29, 0.717) is 5.41 Å². The molecule has 184 valence electrons. The van der Waals surface area contributed by atoms with Gasteiger partial charge in [-0.15, -0.1) is 0 Å². The first-order valence-electron chi connectivity index (χ1n) is 12.6. The van der Waals surface area contributed by atoms with Gasteiger partial charge in [0.25, 0.3) is 5.91 Å². The van der Waals surface area contributed by atoms with Gasteiger partial charge in [0.2, 0.25) is 0 Å². The molecular formula is C29H41N3O2. The normalized spacial score (nSPS) is 18.5. The van der Waals surface area contributed by atoms with Crippen molar-refractivity contribution in [2.45, 2.75) is 77.4 Å². The number of anilines is 1. The van der Waals surface area contributed by atoms with Gasteiger partial charge in [-0.1, -0.05) is 30.3 Å². The molecule has 0 bridgehead atoms. The van der Waals surface area contributed by atoms with Gasteiger partial charge in [0.1, 0.15) is 5.75 Å². The monoisotopic (exact) mass is 463 g/mol. The van der Waals surface area contributed by atoms with Crippen molar-refractivity contribution in [2.75, 3.05) is 32.4 Å². The quantitative estimate of drug-likeness (QED) is 0.587. The number of ether oxygens (including phenoxy) is 1. The van der Waals surface area contributed by atoms with Crippen LogP contribution in [-0.2, 0) is 10.2 Å². The van der Waals surface area contributed by atoms with Gasteiger partial charge in [0.15, 0.2) is 5.60 Å². The molecule has 4 rings (SSSR count). The van der Waals surface area contributed by atoms with Crippen molar-refractivity contribution in [1.82, 2.24) is 9.80 Å². The number of amides is 1. The highest BCUT2D eigenvalue weighted by molar-refractivity contribution is 5.85. The van der Waals surface area contributed by atoms with E-state index >= 15 is 0 Å². The van der Waals surface area contributed by atoms with E-state index in [-0.39, 0.29) is 11.9 Å². The summed E-state index contributed by atoms with van der Waals surface area (Å²) in [4.78, 5) is 18.0. The van der Waals surface area contributed by atoms with E-state index in [4.69, 9.17) is 10.5 Å². The van der Waals surface area contributed by atoms with Crippen molar-refractivity contribution < 1.29 is 9.53 Å². The molecule has 34 heavy (non-hydrogen) atoms. The molecule has 0 aromatic heterocycles. The van der Waals surface area contributed by atoms with Crippen LogP contribution in [0, 0.1) is 20.8 Å². The molecule has 0 atom stereocenters. The van der Waals surface area contributed by atoms with Gasteiger partial charge in [-0.3, -0.25) is 4.79 Å². The van der Waals surface area contributed by atoms with Gasteiger partial charge < -0.3 is 20.3 Å². The summed E-state index contributed by atoms with van der Waals surface area (Å²) < 4.78 is 6.31. The lowest BCUT2D eigenvalue weighted by molar-refractivity contribution is -0.147. The van der Waals surface area contributed by atoms with Gasteiger partial charge in [-0.2, -0.15) is 0 Å². The van der Waals surface area contributed by atoms with Crippen LogP contribution in [0.4, 0.5) is 5.69 Å². The molecule has 0 spiro atoms. The van der Waals surface area contributed by atoms with Crippen LogP contribution >= 0.6 is 0 Å².